The normalized spacial score (nSPS) is 23.4. The molecule has 5 heteroatoms. The number of fused-ring (bicyclic) bond motifs is 1. The molecular weight excluding hydrogens is 286 g/mol. The number of nitrogens with one attached hydrogen (secondary N) is 1. The molecule has 0 aliphatic carbocycles. The minimum Gasteiger partial charge on any atom is -0.356 e. The van der Waals surface area contributed by atoms with Crippen LogP contribution < -0.4 is 10.2 Å². The third kappa shape index (κ3) is 1.64. The van der Waals surface area contributed by atoms with Crippen molar-refractivity contribution in [1.29, 1.82) is 15.8 Å². The average molecular weight is 301 g/mol. The van der Waals surface area contributed by atoms with E-state index in [1.807, 2.05) is 43.5 Å². The summed E-state index contributed by atoms with van der Waals surface area (Å²) in [6, 6.07) is 13.9. The molecule has 2 aliphatic rings. The molecule has 3 rings (SSSR count). The Morgan fingerprint density at radius 1 is 1.13 bits per heavy atom. The molecule has 112 valence electrons. The number of hydrogen-bond donors (Lipinski definition) is 1. The highest BCUT2D eigenvalue weighted by Gasteiger charge is 2.57. The van der Waals surface area contributed by atoms with Crippen molar-refractivity contribution in [3.8, 4) is 18.2 Å². The number of hydrogen-bond acceptors (Lipinski definition) is 5. The van der Waals surface area contributed by atoms with Crippen LogP contribution in [0.25, 0.3) is 0 Å². The summed E-state index contributed by atoms with van der Waals surface area (Å²) in [5, 5.41) is 31.1. The summed E-state index contributed by atoms with van der Waals surface area (Å²) in [5.74, 6) is 0. The molecule has 2 heterocycles. The molecule has 1 aromatic rings. The summed E-state index contributed by atoms with van der Waals surface area (Å²) in [6.45, 7) is 4.18. The zero-order chi connectivity index (χ0) is 16.8. The lowest BCUT2D eigenvalue weighted by molar-refractivity contribution is 0.305. The van der Waals surface area contributed by atoms with Crippen LogP contribution in [-0.4, -0.2) is 12.7 Å². The summed E-state index contributed by atoms with van der Waals surface area (Å²) in [6.07, 6.45) is 1.83. The van der Waals surface area contributed by atoms with E-state index in [2.05, 4.69) is 36.2 Å². The summed E-state index contributed by atoms with van der Waals surface area (Å²) in [7, 11) is 1.95. The Balaban J connectivity index is 2.26. The first-order chi connectivity index (χ1) is 10.9. The number of para-hydroxylation sites is 1. The Morgan fingerprint density at radius 2 is 1.78 bits per heavy atom. The SMILES string of the molecule is CN1c2ccccc2C(C)(C)[C@]12C=C(C#N)C(=C(C#N)C#N)N2. The summed E-state index contributed by atoms with van der Waals surface area (Å²) in [5.41, 5.74) is 1.75. The fraction of sp³-hybridized carbons (Fsp3) is 0.278. The van der Waals surface area contributed by atoms with Crippen LogP contribution in [0.1, 0.15) is 19.4 Å². The van der Waals surface area contributed by atoms with Gasteiger partial charge in [-0.15, -0.1) is 0 Å². The van der Waals surface area contributed by atoms with Gasteiger partial charge in [-0.2, -0.15) is 15.8 Å². The number of nitrogens with zero attached hydrogens (tertiary/aromatic N) is 4. The summed E-state index contributed by atoms with van der Waals surface area (Å²) >= 11 is 0. The van der Waals surface area contributed by atoms with Crippen molar-refractivity contribution >= 4 is 5.69 Å². The second-order valence-corrected chi connectivity index (χ2v) is 6.24. The van der Waals surface area contributed by atoms with Gasteiger partial charge in [0, 0.05) is 18.2 Å². The van der Waals surface area contributed by atoms with Crippen LogP contribution in [0.2, 0.25) is 0 Å². The van der Waals surface area contributed by atoms with E-state index in [0.717, 1.165) is 11.3 Å². The van der Waals surface area contributed by atoms with Gasteiger partial charge in [0.05, 0.1) is 11.3 Å². The molecule has 0 bridgehead atoms. The molecule has 1 aromatic carbocycles. The molecule has 0 saturated heterocycles. The van der Waals surface area contributed by atoms with Crippen molar-refractivity contribution in [3.63, 3.8) is 0 Å². The first-order valence-corrected chi connectivity index (χ1v) is 7.22. The summed E-state index contributed by atoms with van der Waals surface area (Å²) in [4.78, 5) is 2.07. The second-order valence-electron chi connectivity index (χ2n) is 6.24. The third-order valence-electron chi connectivity index (χ3n) is 4.95. The van der Waals surface area contributed by atoms with E-state index >= 15 is 0 Å². The van der Waals surface area contributed by atoms with Crippen LogP contribution in [0, 0.1) is 34.0 Å². The van der Waals surface area contributed by atoms with Crippen molar-refractivity contribution in [2.24, 2.45) is 0 Å². The lowest BCUT2D eigenvalue weighted by Gasteiger charge is -2.42. The Morgan fingerprint density at radius 3 is 2.35 bits per heavy atom. The van der Waals surface area contributed by atoms with Gasteiger partial charge in [0.15, 0.2) is 5.57 Å². The van der Waals surface area contributed by atoms with Gasteiger partial charge in [-0.3, -0.25) is 0 Å². The smallest absolute Gasteiger partial charge is 0.154 e. The first-order valence-electron chi connectivity index (χ1n) is 7.22. The number of rotatable bonds is 0. The molecule has 0 radical (unpaired) electrons. The van der Waals surface area contributed by atoms with E-state index in [-0.39, 0.29) is 11.0 Å². The van der Waals surface area contributed by atoms with Crippen LogP contribution in [-0.2, 0) is 5.41 Å². The molecule has 0 amide bonds. The van der Waals surface area contributed by atoms with Crippen molar-refractivity contribution in [2.75, 3.05) is 11.9 Å². The molecule has 5 nitrogen and oxygen atoms in total. The monoisotopic (exact) mass is 301 g/mol. The van der Waals surface area contributed by atoms with E-state index in [1.54, 1.807) is 0 Å². The highest BCUT2D eigenvalue weighted by atomic mass is 15.4. The summed E-state index contributed by atoms with van der Waals surface area (Å²) < 4.78 is 0. The van der Waals surface area contributed by atoms with Crippen LogP contribution >= 0.6 is 0 Å². The van der Waals surface area contributed by atoms with E-state index < -0.39 is 5.66 Å². The minimum atomic E-state index is -0.684. The Hall–Kier alpha value is -3.23. The van der Waals surface area contributed by atoms with Crippen LogP contribution in [0.3, 0.4) is 0 Å². The van der Waals surface area contributed by atoms with E-state index in [1.165, 1.54) is 0 Å². The number of anilines is 1. The zero-order valence-electron chi connectivity index (χ0n) is 13.2. The molecule has 2 aliphatic heterocycles. The number of allylic oxidation sites excluding steroid dienone is 2. The van der Waals surface area contributed by atoms with Gasteiger partial charge in [0.1, 0.15) is 23.9 Å². The highest BCUT2D eigenvalue weighted by Crippen LogP contribution is 2.53. The maximum Gasteiger partial charge on any atom is 0.154 e. The molecule has 0 fully saturated rings. The number of benzene rings is 1. The van der Waals surface area contributed by atoms with E-state index in [4.69, 9.17) is 0 Å². The van der Waals surface area contributed by atoms with Crippen LogP contribution in [0.15, 0.2) is 47.2 Å². The van der Waals surface area contributed by atoms with Crippen molar-refractivity contribution in [2.45, 2.75) is 24.9 Å². The maximum absolute atomic E-state index is 9.46. The molecule has 23 heavy (non-hydrogen) atoms. The van der Waals surface area contributed by atoms with Crippen molar-refractivity contribution in [3.05, 3.63) is 52.7 Å². The highest BCUT2D eigenvalue weighted by molar-refractivity contribution is 5.72. The van der Waals surface area contributed by atoms with Gasteiger partial charge in [-0.1, -0.05) is 32.0 Å². The molecule has 1 atom stereocenters. The van der Waals surface area contributed by atoms with E-state index in [0.29, 0.717) is 11.3 Å². The lowest BCUT2D eigenvalue weighted by atomic mass is 9.76. The standard InChI is InChI=1S/C18H15N5/c1-17(2)14-6-4-5-7-15(14)23(3)18(17)8-12(9-19)16(22-18)13(10-20)11-21/h4-8,22H,1-3H3/t18-/m0/s1. The van der Waals surface area contributed by atoms with Crippen LogP contribution in [0.4, 0.5) is 5.69 Å². The van der Waals surface area contributed by atoms with Gasteiger partial charge in [0.2, 0.25) is 0 Å². The molecular formula is C18H15N5. The quantitative estimate of drug-likeness (QED) is 0.744. The van der Waals surface area contributed by atoms with Crippen LogP contribution in [0.5, 0.6) is 0 Å². The maximum atomic E-state index is 9.46. The van der Waals surface area contributed by atoms with Crippen molar-refractivity contribution < 1.29 is 0 Å². The Bertz CT molecular complexity index is 869. The molecule has 1 spiro atoms. The predicted molar refractivity (Wildman–Crippen MR) is 85.7 cm³/mol. The lowest BCUT2D eigenvalue weighted by Crippen LogP contribution is -2.60. The van der Waals surface area contributed by atoms with Gasteiger partial charge in [0.25, 0.3) is 0 Å². The predicted octanol–water partition coefficient (Wildman–Crippen LogP) is 2.46. The fourth-order valence-electron chi connectivity index (χ4n) is 3.62. The average Bonchev–Trinajstić information content (AvgIpc) is 3.02. The van der Waals surface area contributed by atoms with Gasteiger partial charge >= 0.3 is 0 Å². The zero-order valence-corrected chi connectivity index (χ0v) is 13.2. The largest absolute Gasteiger partial charge is 0.356 e. The third-order valence-corrected chi connectivity index (χ3v) is 4.95. The van der Waals surface area contributed by atoms with Gasteiger partial charge in [-0.25, -0.2) is 0 Å². The second kappa shape index (κ2) is 4.63. The minimum absolute atomic E-state index is 0.0742. The Labute approximate surface area is 135 Å². The van der Waals surface area contributed by atoms with Gasteiger partial charge < -0.3 is 10.2 Å². The van der Waals surface area contributed by atoms with E-state index in [9.17, 15) is 15.8 Å². The number of likely N-dealkylation sites (N-methyl/N-ethyl adjacent to an activating group) is 1. The molecule has 0 aromatic heterocycles. The first kappa shape index (κ1) is 14.7. The Kier molecular flexibility index (Phi) is 2.96. The number of nitriles is 3. The topological polar surface area (TPSA) is 86.6 Å². The molecule has 0 unspecified atom stereocenters. The fourth-order valence-corrected chi connectivity index (χ4v) is 3.62. The molecule has 1 N–H and O–H groups in total. The van der Waals surface area contributed by atoms with Gasteiger partial charge in [-0.05, 0) is 17.7 Å². The molecule has 0 saturated carbocycles. The van der Waals surface area contributed by atoms with Crippen molar-refractivity contribution in [1.82, 2.24) is 5.32 Å².